The minimum atomic E-state index is 0.617. The molecule has 0 saturated carbocycles. The molecule has 1 aromatic heterocycles. The highest BCUT2D eigenvalue weighted by Crippen LogP contribution is 2.25. The zero-order valence-corrected chi connectivity index (χ0v) is 11.7. The summed E-state index contributed by atoms with van der Waals surface area (Å²) in [6, 6.07) is 6.65. The van der Waals surface area contributed by atoms with Crippen molar-refractivity contribution in [3.63, 3.8) is 0 Å². The highest BCUT2D eigenvalue weighted by molar-refractivity contribution is 5.84. The van der Waals surface area contributed by atoms with E-state index < -0.39 is 0 Å². The predicted molar refractivity (Wildman–Crippen MR) is 80.0 cm³/mol. The quantitative estimate of drug-likeness (QED) is 0.914. The average Bonchev–Trinajstić information content (AvgIpc) is 3.07. The van der Waals surface area contributed by atoms with Gasteiger partial charge in [-0.25, -0.2) is 0 Å². The Morgan fingerprint density at radius 1 is 1.21 bits per heavy atom. The molecule has 0 unspecified atom stereocenters. The molecule has 2 heterocycles. The molecule has 3 rings (SSSR count). The number of benzene rings is 1. The molecule has 1 saturated heterocycles. The topological polar surface area (TPSA) is 34.2 Å². The smallest absolute Gasteiger partial charge is 0.0486 e. The van der Waals surface area contributed by atoms with E-state index in [0.717, 1.165) is 13.1 Å². The number of nitrogens with two attached hydrogens (primary N) is 1. The Balaban J connectivity index is 1.99. The molecule has 102 valence electrons. The summed E-state index contributed by atoms with van der Waals surface area (Å²) in [6.07, 6.45) is 5.02. The molecule has 1 aromatic carbocycles. The Morgan fingerprint density at radius 3 is 2.68 bits per heavy atom. The third-order valence-corrected chi connectivity index (χ3v) is 4.20. The summed E-state index contributed by atoms with van der Waals surface area (Å²) in [6.45, 7) is 7.43. The van der Waals surface area contributed by atoms with Gasteiger partial charge in [0.25, 0.3) is 0 Å². The molecule has 2 N–H and O–H groups in total. The van der Waals surface area contributed by atoms with Gasteiger partial charge in [0.15, 0.2) is 0 Å². The third kappa shape index (κ3) is 2.40. The number of rotatable bonds is 4. The summed E-state index contributed by atoms with van der Waals surface area (Å²) in [5, 5.41) is 1.39. The van der Waals surface area contributed by atoms with Crippen molar-refractivity contribution < 1.29 is 0 Å². The number of aryl methyl sites for hydroxylation is 1. The molecular weight excluding hydrogens is 234 g/mol. The van der Waals surface area contributed by atoms with Crippen molar-refractivity contribution in [2.45, 2.75) is 39.4 Å². The molecule has 0 spiro atoms. The van der Waals surface area contributed by atoms with Gasteiger partial charge in [0, 0.05) is 36.7 Å². The Bertz CT molecular complexity index is 565. The summed E-state index contributed by atoms with van der Waals surface area (Å²) in [5.74, 6) is 0. The minimum Gasteiger partial charge on any atom is -0.347 e. The van der Waals surface area contributed by atoms with Crippen molar-refractivity contribution in [1.82, 2.24) is 9.47 Å². The summed E-state index contributed by atoms with van der Waals surface area (Å²) in [4.78, 5) is 2.56. The maximum absolute atomic E-state index is 5.75. The van der Waals surface area contributed by atoms with E-state index >= 15 is 0 Å². The van der Waals surface area contributed by atoms with Crippen molar-refractivity contribution in [2.24, 2.45) is 5.73 Å². The maximum atomic E-state index is 5.75. The summed E-state index contributed by atoms with van der Waals surface area (Å²) in [7, 11) is 0. The van der Waals surface area contributed by atoms with Crippen molar-refractivity contribution in [1.29, 1.82) is 0 Å². The van der Waals surface area contributed by atoms with Gasteiger partial charge in [0.1, 0.15) is 0 Å². The molecule has 1 fully saturated rings. The van der Waals surface area contributed by atoms with E-state index in [-0.39, 0.29) is 0 Å². The lowest BCUT2D eigenvalue weighted by atomic mass is 10.1. The van der Waals surface area contributed by atoms with Crippen LogP contribution in [-0.2, 0) is 19.6 Å². The summed E-state index contributed by atoms with van der Waals surface area (Å²) >= 11 is 0. The molecule has 2 aromatic rings. The first kappa shape index (κ1) is 12.7. The molecule has 0 radical (unpaired) electrons. The Hall–Kier alpha value is -1.32. The van der Waals surface area contributed by atoms with Gasteiger partial charge in [-0.05, 0) is 50.0 Å². The largest absolute Gasteiger partial charge is 0.347 e. The second-order valence-corrected chi connectivity index (χ2v) is 5.48. The average molecular weight is 257 g/mol. The zero-order valence-electron chi connectivity index (χ0n) is 11.7. The van der Waals surface area contributed by atoms with E-state index in [9.17, 15) is 0 Å². The van der Waals surface area contributed by atoms with Crippen LogP contribution in [0.4, 0.5) is 0 Å². The molecule has 1 aliphatic rings. The van der Waals surface area contributed by atoms with Crippen LogP contribution in [0, 0.1) is 0 Å². The lowest BCUT2D eigenvalue weighted by Gasteiger charge is -2.13. The number of nitrogens with zero attached hydrogens (tertiary/aromatic N) is 2. The lowest BCUT2D eigenvalue weighted by Crippen LogP contribution is -2.18. The van der Waals surface area contributed by atoms with Gasteiger partial charge in [-0.1, -0.05) is 12.1 Å². The van der Waals surface area contributed by atoms with Crippen LogP contribution >= 0.6 is 0 Å². The number of hydrogen-bond donors (Lipinski definition) is 1. The van der Waals surface area contributed by atoms with Gasteiger partial charge in [0.05, 0.1) is 0 Å². The fourth-order valence-electron chi connectivity index (χ4n) is 3.11. The van der Waals surface area contributed by atoms with Crippen LogP contribution in [0.2, 0.25) is 0 Å². The van der Waals surface area contributed by atoms with E-state index in [2.05, 4.69) is 40.8 Å². The van der Waals surface area contributed by atoms with Crippen LogP contribution in [0.5, 0.6) is 0 Å². The van der Waals surface area contributed by atoms with Crippen molar-refractivity contribution in [3.05, 3.63) is 35.5 Å². The van der Waals surface area contributed by atoms with Gasteiger partial charge in [-0.15, -0.1) is 0 Å². The Kier molecular flexibility index (Phi) is 3.58. The van der Waals surface area contributed by atoms with Crippen LogP contribution in [0.3, 0.4) is 0 Å². The normalized spacial score (nSPS) is 16.5. The van der Waals surface area contributed by atoms with Gasteiger partial charge in [-0.2, -0.15) is 0 Å². The van der Waals surface area contributed by atoms with Gasteiger partial charge in [-0.3, -0.25) is 4.90 Å². The van der Waals surface area contributed by atoms with Crippen LogP contribution in [0.25, 0.3) is 10.9 Å². The SMILES string of the molecule is CCn1cc(CN2CCCC2)c2ccc(CN)cc21. The number of hydrogen-bond acceptors (Lipinski definition) is 2. The molecule has 19 heavy (non-hydrogen) atoms. The number of fused-ring (bicyclic) bond motifs is 1. The van der Waals surface area contributed by atoms with Crippen LogP contribution in [-0.4, -0.2) is 22.6 Å². The standard InChI is InChI=1S/C16H23N3/c1-2-19-12-14(11-18-7-3-4-8-18)15-6-5-13(10-17)9-16(15)19/h5-6,9,12H,2-4,7-8,10-11,17H2,1H3. The molecule has 3 heteroatoms. The Morgan fingerprint density at radius 2 is 2.00 bits per heavy atom. The molecule has 0 atom stereocenters. The summed E-state index contributed by atoms with van der Waals surface area (Å²) in [5.41, 5.74) is 9.76. The van der Waals surface area contributed by atoms with Crippen molar-refractivity contribution in [2.75, 3.05) is 13.1 Å². The molecular formula is C16H23N3. The Labute approximate surface area is 115 Å². The van der Waals surface area contributed by atoms with E-state index in [0.29, 0.717) is 6.54 Å². The first-order valence-corrected chi connectivity index (χ1v) is 7.35. The van der Waals surface area contributed by atoms with Gasteiger partial charge < -0.3 is 10.3 Å². The fraction of sp³-hybridized carbons (Fsp3) is 0.500. The highest BCUT2D eigenvalue weighted by atomic mass is 15.1. The van der Waals surface area contributed by atoms with E-state index in [1.807, 2.05) is 0 Å². The second-order valence-electron chi connectivity index (χ2n) is 5.48. The fourth-order valence-corrected chi connectivity index (χ4v) is 3.11. The highest BCUT2D eigenvalue weighted by Gasteiger charge is 2.15. The molecule has 3 nitrogen and oxygen atoms in total. The van der Waals surface area contributed by atoms with Crippen LogP contribution in [0.15, 0.2) is 24.4 Å². The molecule has 0 amide bonds. The maximum Gasteiger partial charge on any atom is 0.0486 e. The summed E-state index contributed by atoms with van der Waals surface area (Å²) < 4.78 is 2.35. The van der Waals surface area contributed by atoms with Gasteiger partial charge >= 0.3 is 0 Å². The minimum absolute atomic E-state index is 0.617. The monoisotopic (exact) mass is 257 g/mol. The zero-order chi connectivity index (χ0) is 13.2. The van der Waals surface area contributed by atoms with Crippen LogP contribution in [0.1, 0.15) is 30.9 Å². The lowest BCUT2D eigenvalue weighted by molar-refractivity contribution is 0.332. The van der Waals surface area contributed by atoms with Crippen LogP contribution < -0.4 is 5.73 Å². The third-order valence-electron chi connectivity index (χ3n) is 4.20. The van der Waals surface area contributed by atoms with Gasteiger partial charge in [0.2, 0.25) is 0 Å². The van der Waals surface area contributed by atoms with Crippen molar-refractivity contribution >= 4 is 10.9 Å². The second kappa shape index (κ2) is 5.35. The van der Waals surface area contributed by atoms with E-state index in [1.54, 1.807) is 0 Å². The van der Waals surface area contributed by atoms with Crippen molar-refractivity contribution in [3.8, 4) is 0 Å². The molecule has 1 aliphatic heterocycles. The molecule has 0 bridgehead atoms. The first-order valence-electron chi connectivity index (χ1n) is 7.35. The number of aromatic nitrogens is 1. The van der Waals surface area contributed by atoms with E-state index in [4.69, 9.17) is 5.73 Å². The van der Waals surface area contributed by atoms with E-state index in [1.165, 1.54) is 48.0 Å². The predicted octanol–water partition coefficient (Wildman–Crippen LogP) is 2.72. The first-order chi connectivity index (χ1) is 9.31. The number of likely N-dealkylation sites (tertiary alicyclic amines) is 1. The molecule has 0 aliphatic carbocycles.